The van der Waals surface area contributed by atoms with Gasteiger partial charge in [-0.05, 0) is 151 Å². The SMILES string of the molecule is CCCCCCc1nc(Br)sc1I.CCCCCCc1nc(Cl)sc1Br.CCCCCCc1nc(Cl)sc1I.CCCCCCc1nc(I)sc1Cl. The fourth-order valence-electron chi connectivity index (χ4n) is 4.72. The molecule has 0 aliphatic carbocycles. The fourth-order valence-corrected chi connectivity index (χ4v) is 14.4. The monoisotopic (exact) mass is 1310 g/mol. The smallest absolute Gasteiger partial charge is 0.184 e. The Labute approximate surface area is 402 Å². The van der Waals surface area contributed by atoms with Crippen molar-refractivity contribution in [2.75, 3.05) is 0 Å². The summed E-state index contributed by atoms with van der Waals surface area (Å²) in [5.74, 6) is 0. The second kappa shape index (κ2) is 33.4. The summed E-state index contributed by atoms with van der Waals surface area (Å²) >= 11 is 37.7. The summed E-state index contributed by atoms with van der Waals surface area (Å²) < 4.78 is 7.93. The van der Waals surface area contributed by atoms with Crippen LogP contribution < -0.4 is 0 Å². The Morgan fingerprint density at radius 1 is 0.462 bits per heavy atom. The summed E-state index contributed by atoms with van der Waals surface area (Å²) in [5, 5.41) is 0. The lowest BCUT2D eigenvalue weighted by atomic mass is 10.1. The molecule has 296 valence electrons. The minimum Gasteiger partial charge on any atom is -0.233 e. The number of aromatic nitrogens is 4. The lowest BCUT2D eigenvalue weighted by Crippen LogP contribution is -1.88. The first kappa shape index (κ1) is 52.6. The van der Waals surface area contributed by atoms with Crippen molar-refractivity contribution < 1.29 is 0 Å². The molecule has 0 bridgehead atoms. The molecule has 4 nitrogen and oxygen atoms in total. The van der Waals surface area contributed by atoms with Crippen molar-refractivity contribution in [3.8, 4) is 0 Å². The average molecular weight is 1320 g/mol. The standard InChI is InChI=1S/C9H13BrClNS.C9H13BrINS.2C9H13ClINS/c1-2-3-4-5-6-7-8(10)13-9(11)12-7;2*1-2-3-4-5-6-7-8(11)13-9(10)12-7;1-2-3-4-5-6-7-8(10)13-9(11)12-7/h4*2-6H2,1H3. The number of nitrogens with zero attached hydrogens (tertiary/aromatic N) is 4. The number of unbranched alkanes of at least 4 members (excludes halogenated alkanes) is 12. The molecule has 0 radical (unpaired) electrons. The van der Waals surface area contributed by atoms with E-state index in [0.717, 1.165) is 52.1 Å². The summed E-state index contributed by atoms with van der Waals surface area (Å²) in [7, 11) is 0. The van der Waals surface area contributed by atoms with E-state index in [1.807, 2.05) is 0 Å². The van der Waals surface area contributed by atoms with Crippen molar-refractivity contribution in [3.05, 3.63) is 52.5 Å². The largest absolute Gasteiger partial charge is 0.233 e. The molecule has 0 amide bonds. The number of aryl methyl sites for hydroxylation is 4. The highest BCUT2D eigenvalue weighted by atomic mass is 127. The first-order chi connectivity index (χ1) is 24.9. The maximum atomic E-state index is 6.01. The number of rotatable bonds is 20. The van der Waals surface area contributed by atoms with Gasteiger partial charge in [0.2, 0.25) is 0 Å². The Balaban J connectivity index is 0.000000347. The highest BCUT2D eigenvalue weighted by Crippen LogP contribution is 2.30. The first-order valence-corrected chi connectivity index (χ1v) is 27.4. The topological polar surface area (TPSA) is 51.6 Å². The van der Waals surface area contributed by atoms with Crippen LogP contribution in [0.5, 0.6) is 0 Å². The van der Waals surface area contributed by atoms with Crippen LogP contribution in [-0.4, -0.2) is 19.9 Å². The zero-order valence-electron chi connectivity index (χ0n) is 30.6. The van der Waals surface area contributed by atoms with Crippen LogP contribution in [0.25, 0.3) is 0 Å². The van der Waals surface area contributed by atoms with E-state index in [0.29, 0.717) is 8.93 Å². The predicted molar refractivity (Wildman–Crippen MR) is 268 cm³/mol. The van der Waals surface area contributed by atoms with Crippen LogP contribution in [0.3, 0.4) is 0 Å². The number of halogens is 8. The molecule has 0 unspecified atom stereocenters. The molecule has 4 aromatic rings. The van der Waals surface area contributed by atoms with E-state index < -0.39 is 0 Å². The van der Waals surface area contributed by atoms with Crippen molar-refractivity contribution >= 4 is 180 Å². The van der Waals surface area contributed by atoms with Crippen molar-refractivity contribution in [2.45, 2.75) is 156 Å². The molecule has 4 heterocycles. The number of hydrogen-bond acceptors (Lipinski definition) is 8. The molecule has 0 aliphatic heterocycles. The van der Waals surface area contributed by atoms with Crippen molar-refractivity contribution in [2.24, 2.45) is 0 Å². The van der Waals surface area contributed by atoms with Gasteiger partial charge in [0.1, 0.15) is 4.34 Å². The Kier molecular flexibility index (Phi) is 33.7. The summed E-state index contributed by atoms with van der Waals surface area (Å²) in [5.41, 5.74) is 4.67. The van der Waals surface area contributed by atoms with Crippen LogP contribution in [0, 0.1) is 8.78 Å². The maximum absolute atomic E-state index is 6.01. The van der Waals surface area contributed by atoms with Crippen LogP contribution in [0.2, 0.25) is 13.3 Å². The molecule has 0 saturated heterocycles. The van der Waals surface area contributed by atoms with Crippen LogP contribution in [0.1, 0.15) is 153 Å². The second-order valence-electron chi connectivity index (χ2n) is 12.0. The number of hydrogen-bond donors (Lipinski definition) is 0. The van der Waals surface area contributed by atoms with Gasteiger partial charge in [0, 0.05) is 0 Å². The maximum Gasteiger partial charge on any atom is 0.184 e. The molecule has 52 heavy (non-hydrogen) atoms. The van der Waals surface area contributed by atoms with Gasteiger partial charge in [-0.3, -0.25) is 0 Å². The van der Waals surface area contributed by atoms with E-state index in [-0.39, 0.29) is 0 Å². The molecule has 4 rings (SSSR count). The molecule has 0 atom stereocenters. The average Bonchev–Trinajstić information content (AvgIpc) is 3.82. The molecule has 4 aromatic heterocycles. The Morgan fingerprint density at radius 2 is 0.865 bits per heavy atom. The van der Waals surface area contributed by atoms with E-state index in [4.69, 9.17) is 34.8 Å². The predicted octanol–water partition coefficient (Wildman–Crippen LogP) is 18.4. The van der Waals surface area contributed by atoms with Gasteiger partial charge in [0.15, 0.2) is 15.9 Å². The molecule has 0 fully saturated rings. The summed E-state index contributed by atoms with van der Waals surface area (Å²) in [6.45, 7) is 8.90. The molecule has 0 spiro atoms. The highest BCUT2D eigenvalue weighted by molar-refractivity contribution is 14.1. The van der Waals surface area contributed by atoms with E-state index in [9.17, 15) is 0 Å². The van der Waals surface area contributed by atoms with Gasteiger partial charge in [-0.15, -0.1) is 11.3 Å². The third kappa shape index (κ3) is 25.1. The third-order valence-corrected chi connectivity index (χ3v) is 16.4. The highest BCUT2D eigenvalue weighted by Gasteiger charge is 2.09. The van der Waals surface area contributed by atoms with Crippen LogP contribution >= 0.6 is 180 Å². The van der Waals surface area contributed by atoms with Crippen LogP contribution in [0.4, 0.5) is 0 Å². The molecular formula is C36H52Br2Cl3I3N4S4. The van der Waals surface area contributed by atoms with Crippen molar-refractivity contribution in [3.63, 3.8) is 0 Å². The Hall–Kier alpha value is 2.54. The quantitative estimate of drug-likeness (QED) is 0.0654. The minimum atomic E-state index is 0.636. The lowest BCUT2D eigenvalue weighted by Gasteiger charge is -1.97. The van der Waals surface area contributed by atoms with Gasteiger partial charge in [0.05, 0.1) is 32.3 Å². The Bertz CT molecular complexity index is 1270. The molecular weight excluding hydrogens is 1260 g/mol. The molecule has 0 aromatic carbocycles. The van der Waals surface area contributed by atoms with E-state index in [1.54, 1.807) is 34.0 Å². The number of thiazole rings is 4. The normalized spacial score (nSPS) is 10.7. The molecule has 0 saturated carbocycles. The Morgan fingerprint density at radius 3 is 1.21 bits per heavy atom. The zero-order valence-corrected chi connectivity index (χ0v) is 45.8. The molecule has 0 aliphatic rings. The summed E-state index contributed by atoms with van der Waals surface area (Å²) in [6, 6.07) is 0. The fraction of sp³-hybridized carbons (Fsp3) is 0.667. The van der Waals surface area contributed by atoms with E-state index in [2.05, 4.69) is 147 Å². The first-order valence-electron chi connectivity index (χ1n) is 18.2. The van der Waals surface area contributed by atoms with E-state index in [1.165, 1.54) is 131 Å². The minimum absolute atomic E-state index is 0.636. The van der Waals surface area contributed by atoms with Gasteiger partial charge in [-0.25, -0.2) is 19.9 Å². The van der Waals surface area contributed by atoms with Gasteiger partial charge in [-0.1, -0.05) is 174 Å². The van der Waals surface area contributed by atoms with Crippen molar-refractivity contribution in [1.82, 2.24) is 19.9 Å². The molecule has 0 N–H and O–H groups in total. The summed E-state index contributed by atoms with van der Waals surface area (Å²) in [4.78, 5) is 17.3. The van der Waals surface area contributed by atoms with Crippen LogP contribution in [0.15, 0.2) is 7.70 Å². The van der Waals surface area contributed by atoms with Gasteiger partial charge in [-0.2, -0.15) is 0 Å². The lowest BCUT2D eigenvalue weighted by molar-refractivity contribution is 0.661. The van der Waals surface area contributed by atoms with Crippen LogP contribution in [-0.2, 0) is 25.7 Å². The van der Waals surface area contributed by atoms with Gasteiger partial charge >= 0.3 is 0 Å². The summed E-state index contributed by atoms with van der Waals surface area (Å²) in [6.07, 6.45) is 24.9. The zero-order chi connectivity index (χ0) is 38.7. The molecule has 16 heteroatoms. The van der Waals surface area contributed by atoms with Gasteiger partial charge in [0.25, 0.3) is 0 Å². The van der Waals surface area contributed by atoms with E-state index >= 15 is 0 Å². The third-order valence-electron chi connectivity index (χ3n) is 7.56. The van der Waals surface area contributed by atoms with Crippen molar-refractivity contribution in [1.29, 1.82) is 0 Å². The van der Waals surface area contributed by atoms with Gasteiger partial charge < -0.3 is 0 Å². The second-order valence-corrected chi connectivity index (χ2v) is 25.7.